The van der Waals surface area contributed by atoms with Crippen LogP contribution in [-0.4, -0.2) is 17.9 Å². The molecule has 1 aliphatic rings. The van der Waals surface area contributed by atoms with Crippen LogP contribution in [0.1, 0.15) is 50.3 Å². The van der Waals surface area contributed by atoms with Crippen LogP contribution in [0.3, 0.4) is 0 Å². The Morgan fingerprint density at radius 1 is 1.19 bits per heavy atom. The molecular weight excluding hydrogens is 264 g/mol. The lowest BCUT2D eigenvalue weighted by atomic mass is 10.0. The second-order valence-corrected chi connectivity index (χ2v) is 6.06. The summed E-state index contributed by atoms with van der Waals surface area (Å²) in [6, 6.07) is 7.88. The number of nitrogens with one attached hydrogen (secondary N) is 2. The van der Waals surface area contributed by atoms with Gasteiger partial charge in [-0.25, -0.2) is 0 Å². The van der Waals surface area contributed by atoms with Crippen molar-refractivity contribution < 1.29 is 9.59 Å². The Balaban J connectivity index is 1.99. The molecule has 0 aromatic heterocycles. The molecule has 2 amide bonds. The minimum Gasteiger partial charge on any atom is -0.353 e. The smallest absolute Gasteiger partial charge is 0.222 e. The lowest BCUT2D eigenvalue weighted by molar-refractivity contribution is -0.123. The van der Waals surface area contributed by atoms with Crippen LogP contribution in [0.5, 0.6) is 0 Å². The maximum absolute atomic E-state index is 12.2. The molecular formula is C17H24N2O2. The van der Waals surface area contributed by atoms with Gasteiger partial charge in [0.05, 0.1) is 12.5 Å². The first kappa shape index (κ1) is 15.5. The van der Waals surface area contributed by atoms with Gasteiger partial charge in [-0.1, -0.05) is 29.8 Å². The summed E-state index contributed by atoms with van der Waals surface area (Å²) in [5, 5.41) is 5.90. The van der Waals surface area contributed by atoms with E-state index in [2.05, 4.69) is 17.6 Å². The Labute approximate surface area is 126 Å². The van der Waals surface area contributed by atoms with Crippen molar-refractivity contribution in [2.24, 2.45) is 5.92 Å². The summed E-state index contributed by atoms with van der Waals surface area (Å²) in [7, 11) is 0. The van der Waals surface area contributed by atoms with Crippen molar-refractivity contribution in [3.05, 3.63) is 35.4 Å². The van der Waals surface area contributed by atoms with Gasteiger partial charge in [0.15, 0.2) is 0 Å². The summed E-state index contributed by atoms with van der Waals surface area (Å²) in [5.74, 6) is 0.505. The van der Waals surface area contributed by atoms with Crippen LogP contribution < -0.4 is 10.6 Å². The van der Waals surface area contributed by atoms with Gasteiger partial charge in [-0.3, -0.25) is 9.59 Å². The van der Waals surface area contributed by atoms with Crippen LogP contribution >= 0.6 is 0 Å². The third-order valence-corrected chi connectivity index (χ3v) is 3.96. The van der Waals surface area contributed by atoms with E-state index in [4.69, 9.17) is 0 Å². The van der Waals surface area contributed by atoms with Crippen molar-refractivity contribution in [3.8, 4) is 0 Å². The predicted octanol–water partition coefficient (Wildman–Crippen LogP) is 2.48. The quantitative estimate of drug-likeness (QED) is 0.845. The number of amides is 2. The second-order valence-electron chi connectivity index (χ2n) is 6.06. The van der Waals surface area contributed by atoms with E-state index in [9.17, 15) is 9.59 Å². The Morgan fingerprint density at radius 3 is 2.33 bits per heavy atom. The van der Waals surface area contributed by atoms with Gasteiger partial charge in [0, 0.05) is 13.0 Å². The van der Waals surface area contributed by atoms with Crippen molar-refractivity contribution in [1.29, 1.82) is 0 Å². The van der Waals surface area contributed by atoms with Gasteiger partial charge in [0.1, 0.15) is 0 Å². The van der Waals surface area contributed by atoms with E-state index in [1.807, 2.05) is 31.2 Å². The summed E-state index contributed by atoms with van der Waals surface area (Å²) >= 11 is 0. The summed E-state index contributed by atoms with van der Waals surface area (Å²) in [6.45, 7) is 5.54. The standard InChI is InChI=1S/C17H24N2O2/c1-11-4-6-15(7-5-11)16(19-13(3)20)10-17(21)18-12(2)14-8-9-14/h4-7,12,14,16H,8-10H2,1-3H3,(H,18,21)(H,19,20). The zero-order chi connectivity index (χ0) is 15.4. The van der Waals surface area contributed by atoms with Crippen LogP contribution in [0.4, 0.5) is 0 Å². The SMILES string of the molecule is CC(=O)NC(CC(=O)NC(C)C1CC1)c1ccc(C)cc1. The normalized spacial score (nSPS) is 16.9. The van der Waals surface area contributed by atoms with E-state index in [1.54, 1.807) is 0 Å². The van der Waals surface area contributed by atoms with Gasteiger partial charge in [-0.05, 0) is 38.2 Å². The fourth-order valence-electron chi connectivity index (χ4n) is 2.51. The molecule has 2 atom stereocenters. The topological polar surface area (TPSA) is 58.2 Å². The van der Waals surface area contributed by atoms with Crippen LogP contribution in [-0.2, 0) is 9.59 Å². The van der Waals surface area contributed by atoms with Gasteiger partial charge in [-0.2, -0.15) is 0 Å². The molecule has 2 N–H and O–H groups in total. The molecule has 2 unspecified atom stereocenters. The number of carbonyl (C=O) groups is 2. The van der Waals surface area contributed by atoms with E-state index < -0.39 is 0 Å². The van der Waals surface area contributed by atoms with Crippen molar-refractivity contribution in [2.45, 2.75) is 52.1 Å². The fourth-order valence-corrected chi connectivity index (χ4v) is 2.51. The number of rotatable bonds is 6. The van der Waals surface area contributed by atoms with Crippen LogP contribution in [0.15, 0.2) is 24.3 Å². The summed E-state index contributed by atoms with van der Waals surface area (Å²) in [5.41, 5.74) is 2.12. The van der Waals surface area contributed by atoms with Crippen molar-refractivity contribution >= 4 is 11.8 Å². The molecule has 0 radical (unpaired) electrons. The molecule has 1 aromatic carbocycles. The third kappa shape index (κ3) is 4.88. The summed E-state index contributed by atoms with van der Waals surface area (Å²) in [4.78, 5) is 23.5. The lowest BCUT2D eigenvalue weighted by Gasteiger charge is -2.20. The van der Waals surface area contributed by atoms with E-state index in [-0.39, 0.29) is 30.3 Å². The number of hydrogen-bond acceptors (Lipinski definition) is 2. The van der Waals surface area contributed by atoms with Gasteiger partial charge in [0.25, 0.3) is 0 Å². The molecule has 0 bridgehead atoms. The highest BCUT2D eigenvalue weighted by Crippen LogP contribution is 2.32. The summed E-state index contributed by atoms with van der Waals surface area (Å²) < 4.78 is 0. The van der Waals surface area contributed by atoms with E-state index in [1.165, 1.54) is 19.8 Å². The zero-order valence-electron chi connectivity index (χ0n) is 13.0. The minimum absolute atomic E-state index is 0.00581. The molecule has 1 fully saturated rings. The average Bonchev–Trinajstić information content (AvgIpc) is 3.22. The molecule has 1 aromatic rings. The van der Waals surface area contributed by atoms with E-state index in [0.29, 0.717) is 5.92 Å². The monoisotopic (exact) mass is 288 g/mol. The Hall–Kier alpha value is -1.84. The maximum atomic E-state index is 12.2. The number of hydrogen-bond donors (Lipinski definition) is 2. The molecule has 0 spiro atoms. The highest BCUT2D eigenvalue weighted by molar-refractivity contribution is 5.79. The van der Waals surface area contributed by atoms with Gasteiger partial charge < -0.3 is 10.6 Å². The first-order valence-corrected chi connectivity index (χ1v) is 7.58. The van der Waals surface area contributed by atoms with Crippen molar-refractivity contribution in [3.63, 3.8) is 0 Å². The van der Waals surface area contributed by atoms with Gasteiger partial charge in [-0.15, -0.1) is 0 Å². The van der Waals surface area contributed by atoms with Crippen molar-refractivity contribution in [2.75, 3.05) is 0 Å². The fraction of sp³-hybridized carbons (Fsp3) is 0.529. The second kappa shape index (κ2) is 6.74. The van der Waals surface area contributed by atoms with Crippen LogP contribution in [0.2, 0.25) is 0 Å². The van der Waals surface area contributed by atoms with Crippen molar-refractivity contribution in [1.82, 2.24) is 10.6 Å². The number of benzene rings is 1. The molecule has 0 heterocycles. The molecule has 0 saturated heterocycles. The van der Waals surface area contributed by atoms with Gasteiger partial charge >= 0.3 is 0 Å². The van der Waals surface area contributed by atoms with E-state index >= 15 is 0 Å². The first-order chi connectivity index (χ1) is 9.95. The van der Waals surface area contributed by atoms with Crippen LogP contribution in [0.25, 0.3) is 0 Å². The molecule has 0 aliphatic heterocycles. The van der Waals surface area contributed by atoms with E-state index in [0.717, 1.165) is 11.1 Å². The number of aryl methyl sites for hydroxylation is 1. The molecule has 1 aliphatic carbocycles. The zero-order valence-corrected chi connectivity index (χ0v) is 13.0. The maximum Gasteiger partial charge on any atom is 0.222 e. The lowest BCUT2D eigenvalue weighted by Crippen LogP contribution is -2.37. The largest absolute Gasteiger partial charge is 0.353 e. The highest BCUT2D eigenvalue weighted by Gasteiger charge is 2.29. The highest BCUT2D eigenvalue weighted by atomic mass is 16.2. The Kier molecular flexibility index (Phi) is 4.99. The number of carbonyl (C=O) groups excluding carboxylic acids is 2. The molecule has 114 valence electrons. The Morgan fingerprint density at radius 2 is 1.81 bits per heavy atom. The average molecular weight is 288 g/mol. The summed E-state index contributed by atoms with van der Waals surface area (Å²) in [6.07, 6.45) is 2.68. The molecule has 1 saturated carbocycles. The first-order valence-electron chi connectivity index (χ1n) is 7.58. The molecule has 21 heavy (non-hydrogen) atoms. The predicted molar refractivity (Wildman–Crippen MR) is 82.7 cm³/mol. The van der Waals surface area contributed by atoms with Crippen LogP contribution in [0, 0.1) is 12.8 Å². The molecule has 4 heteroatoms. The minimum atomic E-state index is -0.269. The Bertz CT molecular complexity index is 506. The molecule has 4 nitrogen and oxygen atoms in total. The molecule has 2 rings (SSSR count). The van der Waals surface area contributed by atoms with Gasteiger partial charge in [0.2, 0.25) is 11.8 Å². The third-order valence-electron chi connectivity index (χ3n) is 3.96.